The molecular weight excluding hydrogens is 378 g/mol. The number of nitrogens with one attached hydrogen (secondary N) is 1. The van der Waals surface area contributed by atoms with Crippen molar-refractivity contribution in [3.05, 3.63) is 23.8 Å². The molecule has 7 nitrogen and oxygen atoms in total. The first kappa shape index (κ1) is 19.4. The summed E-state index contributed by atoms with van der Waals surface area (Å²) in [5.41, 5.74) is 0.950. The minimum Gasteiger partial charge on any atom is -0.454 e. The third-order valence-corrected chi connectivity index (χ3v) is 7.43. The number of benzene rings is 1. The molecule has 0 unspecified atom stereocenters. The number of ether oxygens (including phenoxy) is 2. The highest BCUT2D eigenvalue weighted by Gasteiger charge is 2.52. The van der Waals surface area contributed by atoms with E-state index < -0.39 is 6.04 Å². The summed E-state index contributed by atoms with van der Waals surface area (Å²) in [5.74, 6) is 2.07. The van der Waals surface area contributed by atoms with Crippen LogP contribution in [0, 0.1) is 0 Å². The zero-order valence-corrected chi connectivity index (χ0v) is 17.2. The molecule has 3 aliphatic rings. The number of thioether (sulfide) groups is 1. The number of nitrogens with zero attached hydrogens (tertiary/aromatic N) is 2. The quantitative estimate of drug-likeness (QED) is 0.824. The van der Waals surface area contributed by atoms with Gasteiger partial charge in [-0.05, 0) is 37.6 Å². The second-order valence-corrected chi connectivity index (χ2v) is 8.98. The summed E-state index contributed by atoms with van der Waals surface area (Å²) in [6.45, 7) is 4.41. The molecule has 3 aliphatic heterocycles. The Morgan fingerprint density at radius 2 is 2.00 bits per heavy atom. The number of piperidine rings is 1. The first-order valence-electron chi connectivity index (χ1n) is 9.83. The van der Waals surface area contributed by atoms with Gasteiger partial charge in [0.15, 0.2) is 11.5 Å². The number of amides is 2. The van der Waals surface area contributed by atoms with Crippen molar-refractivity contribution in [2.75, 3.05) is 32.7 Å². The van der Waals surface area contributed by atoms with Crippen LogP contribution in [0.3, 0.4) is 0 Å². The molecule has 1 spiro atoms. The highest BCUT2D eigenvalue weighted by molar-refractivity contribution is 8.01. The molecule has 1 N–H and O–H groups in total. The van der Waals surface area contributed by atoms with E-state index in [1.54, 1.807) is 11.8 Å². The Kier molecular flexibility index (Phi) is 5.42. The minimum atomic E-state index is -0.408. The summed E-state index contributed by atoms with van der Waals surface area (Å²) in [5, 5.41) is 3.02. The Bertz CT molecular complexity index is 764. The van der Waals surface area contributed by atoms with Gasteiger partial charge in [0, 0.05) is 31.8 Å². The molecule has 1 aromatic rings. The van der Waals surface area contributed by atoms with Crippen molar-refractivity contribution < 1.29 is 19.1 Å². The van der Waals surface area contributed by atoms with Crippen LogP contribution < -0.4 is 14.8 Å². The Hall–Kier alpha value is -1.93. The van der Waals surface area contributed by atoms with Gasteiger partial charge in [0.05, 0.1) is 4.87 Å². The molecule has 28 heavy (non-hydrogen) atoms. The molecule has 4 rings (SSSR count). The van der Waals surface area contributed by atoms with Crippen molar-refractivity contribution in [3.63, 3.8) is 0 Å². The van der Waals surface area contributed by atoms with E-state index in [-0.39, 0.29) is 23.5 Å². The topological polar surface area (TPSA) is 71.1 Å². The highest BCUT2D eigenvalue weighted by atomic mass is 32.2. The van der Waals surface area contributed by atoms with Gasteiger partial charge in [-0.25, -0.2) is 0 Å². The van der Waals surface area contributed by atoms with E-state index in [1.807, 2.05) is 30.0 Å². The smallest absolute Gasteiger partial charge is 0.243 e. The third kappa shape index (κ3) is 3.55. The third-order valence-electron chi connectivity index (χ3n) is 5.81. The standard InChI is InChI=1S/C20H27N3O4S/c1-3-18(24)23-15(12-28-20(23)6-8-22(2)9-7-20)19(25)21-11-14-4-5-16-17(10-14)27-13-26-16/h4-5,10,15H,3,6-9,11-13H2,1-2H3,(H,21,25)/t15-/m1/s1. The largest absolute Gasteiger partial charge is 0.454 e. The lowest BCUT2D eigenvalue weighted by Gasteiger charge is -2.44. The van der Waals surface area contributed by atoms with Gasteiger partial charge < -0.3 is 24.6 Å². The summed E-state index contributed by atoms with van der Waals surface area (Å²) in [6, 6.07) is 5.26. The van der Waals surface area contributed by atoms with Crippen molar-refractivity contribution in [2.45, 2.75) is 43.6 Å². The molecule has 152 valence electrons. The molecular formula is C20H27N3O4S. The van der Waals surface area contributed by atoms with Crippen LogP contribution in [-0.4, -0.2) is 65.2 Å². The molecule has 3 heterocycles. The molecule has 0 saturated carbocycles. The maximum atomic E-state index is 13.0. The maximum absolute atomic E-state index is 13.0. The monoisotopic (exact) mass is 405 g/mol. The molecule has 2 fully saturated rings. The van der Waals surface area contributed by atoms with Crippen LogP contribution >= 0.6 is 11.8 Å². The van der Waals surface area contributed by atoms with Gasteiger partial charge in [-0.15, -0.1) is 11.8 Å². The number of carbonyl (C=O) groups excluding carboxylic acids is 2. The summed E-state index contributed by atoms with van der Waals surface area (Å²) in [6.07, 6.45) is 2.24. The Morgan fingerprint density at radius 1 is 1.25 bits per heavy atom. The van der Waals surface area contributed by atoms with Gasteiger partial charge >= 0.3 is 0 Å². The van der Waals surface area contributed by atoms with E-state index in [2.05, 4.69) is 17.3 Å². The van der Waals surface area contributed by atoms with Crippen LogP contribution in [0.1, 0.15) is 31.7 Å². The molecule has 0 bridgehead atoms. The average Bonchev–Trinajstić information content (AvgIpc) is 3.32. The molecule has 0 radical (unpaired) electrons. The summed E-state index contributed by atoms with van der Waals surface area (Å²) >= 11 is 1.77. The van der Waals surface area contributed by atoms with Crippen molar-refractivity contribution in [2.24, 2.45) is 0 Å². The predicted molar refractivity (Wildman–Crippen MR) is 107 cm³/mol. The van der Waals surface area contributed by atoms with Gasteiger partial charge in [-0.1, -0.05) is 13.0 Å². The minimum absolute atomic E-state index is 0.0674. The Morgan fingerprint density at radius 3 is 2.75 bits per heavy atom. The lowest BCUT2D eigenvalue weighted by Crippen LogP contribution is -2.57. The number of rotatable bonds is 4. The fraction of sp³-hybridized carbons (Fsp3) is 0.600. The van der Waals surface area contributed by atoms with Crippen LogP contribution in [0.4, 0.5) is 0 Å². The Labute approximate surface area is 169 Å². The second-order valence-electron chi connectivity index (χ2n) is 7.60. The van der Waals surface area contributed by atoms with E-state index >= 15 is 0 Å². The summed E-state index contributed by atoms with van der Waals surface area (Å²) in [4.78, 5) is 29.7. The van der Waals surface area contributed by atoms with Crippen LogP contribution in [0.15, 0.2) is 18.2 Å². The van der Waals surface area contributed by atoms with Crippen LogP contribution in [0.2, 0.25) is 0 Å². The van der Waals surface area contributed by atoms with E-state index in [0.29, 0.717) is 24.5 Å². The van der Waals surface area contributed by atoms with Gasteiger partial charge in [-0.2, -0.15) is 0 Å². The SMILES string of the molecule is CCC(=O)N1[C@@H](C(=O)NCc2ccc3c(c2)OCO3)CSC12CCN(C)CC2. The zero-order valence-electron chi connectivity index (χ0n) is 16.4. The normalized spacial score (nSPS) is 23.2. The van der Waals surface area contributed by atoms with E-state index in [0.717, 1.165) is 37.2 Å². The van der Waals surface area contributed by atoms with Gasteiger partial charge in [-0.3, -0.25) is 9.59 Å². The molecule has 8 heteroatoms. The maximum Gasteiger partial charge on any atom is 0.243 e. The molecule has 1 aromatic carbocycles. The van der Waals surface area contributed by atoms with Crippen LogP contribution in [0.25, 0.3) is 0 Å². The molecule has 2 amide bonds. The van der Waals surface area contributed by atoms with Crippen molar-refractivity contribution >= 4 is 23.6 Å². The summed E-state index contributed by atoms with van der Waals surface area (Å²) in [7, 11) is 2.11. The number of likely N-dealkylation sites (tertiary alicyclic amines) is 1. The lowest BCUT2D eigenvalue weighted by atomic mass is 10.00. The molecule has 0 aromatic heterocycles. The number of fused-ring (bicyclic) bond motifs is 1. The van der Waals surface area contributed by atoms with Crippen molar-refractivity contribution in [3.8, 4) is 11.5 Å². The first-order chi connectivity index (χ1) is 13.5. The van der Waals surface area contributed by atoms with Crippen molar-refractivity contribution in [1.29, 1.82) is 0 Å². The van der Waals surface area contributed by atoms with E-state index in [4.69, 9.17) is 9.47 Å². The lowest BCUT2D eigenvalue weighted by molar-refractivity contribution is -0.143. The van der Waals surface area contributed by atoms with E-state index in [9.17, 15) is 9.59 Å². The molecule has 0 aliphatic carbocycles. The highest BCUT2D eigenvalue weighted by Crippen LogP contribution is 2.46. The van der Waals surface area contributed by atoms with Gasteiger partial charge in [0.2, 0.25) is 18.6 Å². The molecule has 2 saturated heterocycles. The zero-order chi connectivity index (χ0) is 19.7. The number of carbonyl (C=O) groups is 2. The van der Waals surface area contributed by atoms with Gasteiger partial charge in [0.1, 0.15) is 6.04 Å². The Balaban J connectivity index is 1.44. The van der Waals surface area contributed by atoms with Gasteiger partial charge in [0.25, 0.3) is 0 Å². The van der Waals surface area contributed by atoms with E-state index in [1.165, 1.54) is 0 Å². The van der Waals surface area contributed by atoms with Crippen LogP contribution in [-0.2, 0) is 16.1 Å². The summed E-state index contributed by atoms with van der Waals surface area (Å²) < 4.78 is 10.7. The molecule has 1 atom stereocenters. The number of hydrogen-bond donors (Lipinski definition) is 1. The van der Waals surface area contributed by atoms with Crippen LogP contribution in [0.5, 0.6) is 11.5 Å². The average molecular weight is 406 g/mol. The van der Waals surface area contributed by atoms with Crippen molar-refractivity contribution in [1.82, 2.24) is 15.1 Å². The number of hydrogen-bond acceptors (Lipinski definition) is 6. The fourth-order valence-corrected chi connectivity index (χ4v) is 5.75. The second kappa shape index (κ2) is 7.83. The predicted octanol–water partition coefficient (Wildman–Crippen LogP) is 1.81. The fourth-order valence-electron chi connectivity index (χ4n) is 4.14. The first-order valence-corrected chi connectivity index (χ1v) is 10.8.